The van der Waals surface area contributed by atoms with Crippen molar-refractivity contribution in [3.05, 3.63) is 71.8 Å². The molecule has 2 aromatic rings. The lowest BCUT2D eigenvalue weighted by atomic mass is 9.77. The second-order valence-electron chi connectivity index (χ2n) is 8.11. The number of carbonyl (C=O) groups is 3. The highest BCUT2D eigenvalue weighted by atomic mass is 16.5. The topological polar surface area (TPSA) is 84.9 Å². The second-order valence-corrected chi connectivity index (χ2v) is 8.11. The minimum Gasteiger partial charge on any atom is -0.497 e. The van der Waals surface area contributed by atoms with Gasteiger partial charge in [-0.15, -0.1) is 0 Å². The van der Waals surface area contributed by atoms with Gasteiger partial charge in [0, 0.05) is 5.56 Å². The third kappa shape index (κ3) is 2.88. The van der Waals surface area contributed by atoms with E-state index in [1.165, 1.54) is 4.90 Å². The summed E-state index contributed by atoms with van der Waals surface area (Å²) >= 11 is 0. The number of methoxy groups -OCH3 is 1. The number of hydrogen-bond acceptors (Lipinski definition) is 5. The van der Waals surface area contributed by atoms with Crippen molar-refractivity contribution in [3.8, 4) is 5.75 Å². The Bertz CT molecular complexity index is 1110. The predicted molar refractivity (Wildman–Crippen MR) is 113 cm³/mol. The highest BCUT2D eigenvalue weighted by molar-refractivity contribution is 6.23. The number of nitrogens with one attached hydrogen (secondary N) is 1. The highest BCUT2D eigenvalue weighted by Crippen LogP contribution is 2.52. The number of imide groups is 1. The maximum absolute atomic E-state index is 13.4. The van der Waals surface area contributed by atoms with Crippen molar-refractivity contribution in [1.82, 2.24) is 5.32 Å². The Labute approximate surface area is 179 Å². The van der Waals surface area contributed by atoms with Gasteiger partial charge in [-0.25, -0.2) is 4.90 Å². The molecule has 2 bridgehead atoms. The number of ether oxygens (including phenoxy) is 2. The molecule has 5 rings (SSSR count). The molecule has 7 heteroatoms. The van der Waals surface area contributed by atoms with E-state index < -0.39 is 23.5 Å². The van der Waals surface area contributed by atoms with Crippen molar-refractivity contribution >= 4 is 23.4 Å². The number of nitrogens with zero attached hydrogens (tertiary/aromatic N) is 1. The number of carbonyl (C=O) groups excluding carboxylic acids is 3. The van der Waals surface area contributed by atoms with E-state index in [2.05, 4.69) is 5.32 Å². The van der Waals surface area contributed by atoms with Crippen LogP contribution >= 0.6 is 0 Å². The number of para-hydroxylation sites is 1. The van der Waals surface area contributed by atoms with E-state index >= 15 is 0 Å². The first-order valence-corrected chi connectivity index (χ1v) is 10.2. The second kappa shape index (κ2) is 7.06. The van der Waals surface area contributed by atoms with Crippen LogP contribution < -0.4 is 15.0 Å². The number of aryl methyl sites for hydroxylation is 1. The monoisotopic (exact) mass is 418 g/mol. The fraction of sp³-hybridized carbons (Fsp3) is 0.292. The molecule has 3 heterocycles. The van der Waals surface area contributed by atoms with E-state index in [1.807, 2.05) is 37.3 Å². The molecule has 3 amide bonds. The molecule has 0 aliphatic carbocycles. The normalized spacial score (nSPS) is 28.2. The summed E-state index contributed by atoms with van der Waals surface area (Å²) in [6.45, 7) is 1.98. The lowest BCUT2D eigenvalue weighted by Crippen LogP contribution is -2.48. The van der Waals surface area contributed by atoms with Gasteiger partial charge in [-0.05, 0) is 42.8 Å². The van der Waals surface area contributed by atoms with Crippen molar-refractivity contribution in [2.24, 2.45) is 11.8 Å². The minimum atomic E-state index is -1.03. The van der Waals surface area contributed by atoms with Crippen molar-refractivity contribution in [1.29, 1.82) is 0 Å². The lowest BCUT2D eigenvalue weighted by Gasteiger charge is -2.29. The molecule has 2 saturated heterocycles. The van der Waals surface area contributed by atoms with E-state index in [4.69, 9.17) is 9.47 Å². The molecule has 3 aliphatic rings. The van der Waals surface area contributed by atoms with Crippen molar-refractivity contribution < 1.29 is 23.9 Å². The van der Waals surface area contributed by atoms with Crippen molar-refractivity contribution in [2.45, 2.75) is 18.6 Å². The maximum Gasteiger partial charge on any atom is 0.251 e. The zero-order valence-corrected chi connectivity index (χ0v) is 17.2. The Hall–Kier alpha value is -3.45. The molecule has 0 saturated carbocycles. The van der Waals surface area contributed by atoms with Crippen LogP contribution in [0.5, 0.6) is 5.75 Å². The van der Waals surface area contributed by atoms with Crippen LogP contribution in [0.15, 0.2) is 60.7 Å². The molecular weight excluding hydrogens is 396 g/mol. The van der Waals surface area contributed by atoms with Gasteiger partial charge in [0.1, 0.15) is 11.4 Å². The van der Waals surface area contributed by atoms with Gasteiger partial charge in [-0.2, -0.15) is 0 Å². The van der Waals surface area contributed by atoms with Crippen LogP contribution in [0.2, 0.25) is 0 Å². The van der Waals surface area contributed by atoms with Gasteiger partial charge in [0.15, 0.2) is 0 Å². The van der Waals surface area contributed by atoms with Gasteiger partial charge in [0.25, 0.3) is 5.91 Å². The zero-order valence-electron chi connectivity index (χ0n) is 17.2. The maximum atomic E-state index is 13.4. The molecule has 0 radical (unpaired) electrons. The number of hydrogen-bond donors (Lipinski definition) is 1. The van der Waals surface area contributed by atoms with Crippen LogP contribution in [0, 0.1) is 18.8 Å². The number of amides is 3. The van der Waals surface area contributed by atoms with Crippen LogP contribution in [0.1, 0.15) is 15.9 Å². The van der Waals surface area contributed by atoms with Gasteiger partial charge in [-0.3, -0.25) is 14.4 Å². The summed E-state index contributed by atoms with van der Waals surface area (Å²) in [7, 11) is 1.56. The standard InChI is InChI=1S/C24H22N2O5/c1-14-5-3-4-6-17(14)26-22(28)19-18-11-12-24(31-18,20(19)23(26)29)13-25-21(27)15-7-9-16(30-2)10-8-15/h3-12,18-20H,13H2,1-2H3,(H,25,27)/t18-,19-,20-,24+/m0/s1. The van der Waals surface area contributed by atoms with Gasteiger partial charge in [0.2, 0.25) is 11.8 Å². The first-order chi connectivity index (χ1) is 14.9. The molecule has 0 spiro atoms. The summed E-state index contributed by atoms with van der Waals surface area (Å²) in [6.07, 6.45) is 3.18. The summed E-state index contributed by atoms with van der Waals surface area (Å²) in [4.78, 5) is 40.5. The Kier molecular flexibility index (Phi) is 4.44. The third-order valence-electron chi connectivity index (χ3n) is 6.39. The largest absolute Gasteiger partial charge is 0.497 e. The van der Waals surface area contributed by atoms with Gasteiger partial charge >= 0.3 is 0 Å². The van der Waals surface area contributed by atoms with Crippen molar-refractivity contribution in [3.63, 3.8) is 0 Å². The fourth-order valence-electron chi connectivity index (χ4n) is 4.82. The van der Waals surface area contributed by atoms with Gasteiger partial charge in [-0.1, -0.05) is 30.4 Å². The predicted octanol–water partition coefficient (Wildman–Crippen LogP) is 2.25. The summed E-state index contributed by atoms with van der Waals surface area (Å²) in [5.41, 5.74) is 0.901. The smallest absolute Gasteiger partial charge is 0.251 e. The average Bonchev–Trinajstić information content (AvgIpc) is 3.43. The minimum absolute atomic E-state index is 0.104. The molecule has 158 valence electrons. The van der Waals surface area contributed by atoms with E-state index in [0.717, 1.165) is 5.56 Å². The third-order valence-corrected chi connectivity index (χ3v) is 6.39. The van der Waals surface area contributed by atoms with Crippen LogP contribution in [0.25, 0.3) is 0 Å². The molecule has 31 heavy (non-hydrogen) atoms. The van der Waals surface area contributed by atoms with E-state index in [9.17, 15) is 14.4 Å². The Morgan fingerprint density at radius 3 is 2.58 bits per heavy atom. The van der Waals surface area contributed by atoms with Crippen LogP contribution in [-0.2, 0) is 14.3 Å². The fourth-order valence-corrected chi connectivity index (χ4v) is 4.82. The van der Waals surface area contributed by atoms with E-state index in [1.54, 1.807) is 37.4 Å². The number of anilines is 1. The summed E-state index contributed by atoms with van der Waals surface area (Å²) in [5.74, 6) is -1.39. The van der Waals surface area contributed by atoms with Crippen LogP contribution in [0.3, 0.4) is 0 Å². The molecule has 2 fully saturated rings. The lowest BCUT2D eigenvalue weighted by molar-refractivity contribution is -0.126. The molecule has 3 aliphatic heterocycles. The zero-order chi connectivity index (χ0) is 21.8. The summed E-state index contributed by atoms with van der Waals surface area (Å²) in [6, 6.07) is 14.1. The molecule has 4 atom stereocenters. The van der Waals surface area contributed by atoms with Crippen molar-refractivity contribution in [2.75, 3.05) is 18.6 Å². The first kappa shape index (κ1) is 19.5. The Morgan fingerprint density at radius 2 is 1.87 bits per heavy atom. The number of rotatable bonds is 5. The van der Waals surface area contributed by atoms with Gasteiger partial charge < -0.3 is 14.8 Å². The SMILES string of the molecule is COc1ccc(C(=O)NC[C@@]23C=C[C@H](O2)[C@@H]2C(=O)N(c4ccccc4C)C(=O)[C@H]23)cc1. The Morgan fingerprint density at radius 1 is 1.13 bits per heavy atom. The van der Waals surface area contributed by atoms with Gasteiger partial charge in [0.05, 0.1) is 37.3 Å². The quantitative estimate of drug-likeness (QED) is 0.595. The molecule has 0 aromatic heterocycles. The van der Waals surface area contributed by atoms with Crippen LogP contribution in [-0.4, -0.2) is 43.1 Å². The van der Waals surface area contributed by atoms with Crippen LogP contribution in [0.4, 0.5) is 5.69 Å². The highest BCUT2D eigenvalue weighted by Gasteiger charge is 2.67. The number of fused-ring (bicyclic) bond motifs is 5. The molecule has 2 aromatic carbocycles. The Balaban J connectivity index is 1.38. The molecular formula is C24H22N2O5. The van der Waals surface area contributed by atoms with E-state index in [-0.39, 0.29) is 24.3 Å². The molecule has 7 nitrogen and oxygen atoms in total. The number of benzene rings is 2. The average molecular weight is 418 g/mol. The summed E-state index contributed by atoms with van der Waals surface area (Å²) < 4.78 is 11.2. The first-order valence-electron chi connectivity index (χ1n) is 10.2. The molecule has 1 N–H and O–H groups in total. The summed E-state index contributed by atoms with van der Waals surface area (Å²) in [5, 5.41) is 2.87. The molecule has 0 unspecified atom stereocenters. The van der Waals surface area contributed by atoms with E-state index in [0.29, 0.717) is 17.0 Å².